The van der Waals surface area contributed by atoms with Gasteiger partial charge in [0.05, 0.1) is 11.0 Å². The van der Waals surface area contributed by atoms with E-state index >= 15 is 0 Å². The molecule has 1 aliphatic rings. The second-order valence-corrected chi connectivity index (χ2v) is 7.03. The second-order valence-electron chi connectivity index (χ2n) is 5.40. The van der Waals surface area contributed by atoms with Crippen LogP contribution in [0.1, 0.15) is 38.1 Å². The smallest absolute Gasteiger partial charge is 0.111 e. The Morgan fingerprint density at radius 3 is 2.89 bits per heavy atom. The van der Waals surface area contributed by atoms with Crippen molar-refractivity contribution in [3.05, 3.63) is 27.6 Å². The first-order chi connectivity index (χ1) is 9.20. The minimum atomic E-state index is 0.539. The van der Waals surface area contributed by atoms with Crippen molar-refractivity contribution in [2.24, 2.45) is 5.92 Å². The van der Waals surface area contributed by atoms with Crippen molar-refractivity contribution >= 4 is 45.2 Å². The normalized spacial score (nSPS) is 17.6. The molecule has 1 unspecified atom stereocenters. The van der Waals surface area contributed by atoms with E-state index in [0.717, 1.165) is 23.7 Å². The summed E-state index contributed by atoms with van der Waals surface area (Å²) in [5.41, 5.74) is 2.37. The molecule has 0 aliphatic heterocycles. The Bertz CT molecular complexity index is 589. The molecular weight excluding hydrogens is 371 g/mol. The van der Waals surface area contributed by atoms with Crippen molar-refractivity contribution in [2.45, 2.75) is 38.6 Å². The lowest BCUT2D eigenvalue weighted by Gasteiger charge is -2.33. The zero-order valence-corrected chi connectivity index (χ0v) is 14.0. The van der Waals surface area contributed by atoms with Gasteiger partial charge in [0.1, 0.15) is 5.82 Å². The highest BCUT2D eigenvalue weighted by molar-refractivity contribution is 14.1. The Hall–Kier alpha value is -0.290. The molecule has 3 rings (SSSR count). The summed E-state index contributed by atoms with van der Waals surface area (Å²) in [6.45, 7) is 2.33. The van der Waals surface area contributed by atoms with Crippen molar-refractivity contribution in [1.82, 2.24) is 9.55 Å². The van der Waals surface area contributed by atoms with Gasteiger partial charge in [-0.3, -0.25) is 0 Å². The lowest BCUT2D eigenvalue weighted by molar-refractivity contribution is 0.223. The monoisotopic (exact) mass is 388 g/mol. The average molecular weight is 389 g/mol. The molecule has 1 heterocycles. The van der Waals surface area contributed by atoms with Crippen molar-refractivity contribution in [1.29, 1.82) is 0 Å². The summed E-state index contributed by atoms with van der Waals surface area (Å²) in [6, 6.07) is 7.07. The van der Waals surface area contributed by atoms with Crippen LogP contribution >= 0.6 is 34.2 Å². The maximum atomic E-state index is 5.94. The predicted octanol–water partition coefficient (Wildman–Crippen LogP) is 4.78. The van der Waals surface area contributed by atoms with Crippen molar-refractivity contribution in [3.8, 4) is 0 Å². The highest BCUT2D eigenvalue weighted by atomic mass is 127. The summed E-state index contributed by atoms with van der Waals surface area (Å²) in [4.78, 5) is 4.80. The number of alkyl halides is 1. The molecule has 1 fully saturated rings. The topological polar surface area (TPSA) is 17.8 Å². The molecule has 1 saturated carbocycles. The Balaban J connectivity index is 2.09. The maximum Gasteiger partial charge on any atom is 0.111 e. The van der Waals surface area contributed by atoms with Crippen LogP contribution in [0.4, 0.5) is 0 Å². The van der Waals surface area contributed by atoms with Crippen molar-refractivity contribution < 1.29 is 0 Å². The molecule has 0 bridgehead atoms. The Morgan fingerprint density at radius 2 is 2.26 bits per heavy atom. The number of imidazole rings is 1. The first kappa shape index (κ1) is 13.7. The number of rotatable bonds is 4. The summed E-state index contributed by atoms with van der Waals surface area (Å²) in [6.07, 6.45) is 4.94. The van der Waals surface area contributed by atoms with Crippen molar-refractivity contribution in [3.63, 3.8) is 0 Å². The third-order valence-electron chi connectivity index (χ3n) is 4.28. The molecule has 2 nitrogen and oxygen atoms in total. The third kappa shape index (κ3) is 2.51. The first-order valence-electron chi connectivity index (χ1n) is 6.93. The summed E-state index contributed by atoms with van der Waals surface area (Å²) < 4.78 is 3.67. The van der Waals surface area contributed by atoms with Crippen LogP contribution in [0.3, 0.4) is 0 Å². The molecule has 102 valence electrons. The lowest BCUT2D eigenvalue weighted by Crippen LogP contribution is -2.24. The quantitative estimate of drug-likeness (QED) is 0.544. The molecule has 0 saturated heterocycles. The molecule has 4 heteroatoms. The minimum Gasteiger partial charge on any atom is -0.325 e. The fourth-order valence-electron chi connectivity index (χ4n) is 2.97. The predicted molar refractivity (Wildman–Crippen MR) is 88.9 cm³/mol. The number of hydrogen-bond acceptors (Lipinski definition) is 1. The first-order valence-corrected chi connectivity index (χ1v) is 8.54. The van der Waals surface area contributed by atoms with E-state index in [1.807, 2.05) is 0 Å². The molecule has 0 spiro atoms. The number of benzene rings is 1. The largest absolute Gasteiger partial charge is 0.325 e. The molecule has 2 aromatic rings. The van der Waals surface area contributed by atoms with Gasteiger partial charge in [-0.25, -0.2) is 4.98 Å². The Kier molecular flexibility index (Phi) is 4.03. The third-order valence-corrected chi connectivity index (χ3v) is 5.14. The minimum absolute atomic E-state index is 0.539. The van der Waals surface area contributed by atoms with Gasteiger partial charge in [0.2, 0.25) is 0 Å². The van der Waals surface area contributed by atoms with E-state index in [9.17, 15) is 0 Å². The van der Waals surface area contributed by atoms with Crippen LogP contribution in [0.2, 0.25) is 0 Å². The van der Waals surface area contributed by atoms with Gasteiger partial charge < -0.3 is 4.57 Å². The van der Waals surface area contributed by atoms with Crippen LogP contribution < -0.4 is 0 Å². The van der Waals surface area contributed by atoms with Gasteiger partial charge in [-0.1, -0.05) is 6.42 Å². The molecule has 0 N–H and O–H groups in total. The van der Waals surface area contributed by atoms with Gasteiger partial charge >= 0.3 is 0 Å². The van der Waals surface area contributed by atoms with E-state index in [1.165, 1.54) is 28.3 Å². The summed E-state index contributed by atoms with van der Waals surface area (Å²) >= 11 is 8.29. The van der Waals surface area contributed by atoms with Gasteiger partial charge in [-0.05, 0) is 66.5 Å². The SMILES string of the molecule is CC(C1CCC1)n1c(CCCl)nc2cc(I)ccc21. The number of aryl methyl sites for hydroxylation is 1. The average Bonchev–Trinajstić information content (AvgIpc) is 2.64. The molecule has 0 amide bonds. The van der Waals surface area contributed by atoms with E-state index in [1.54, 1.807) is 0 Å². The van der Waals surface area contributed by atoms with Crippen LogP contribution in [0.15, 0.2) is 18.2 Å². The molecule has 0 radical (unpaired) electrons. The zero-order chi connectivity index (χ0) is 13.4. The second kappa shape index (κ2) is 5.60. The van der Waals surface area contributed by atoms with Crippen LogP contribution in [-0.4, -0.2) is 15.4 Å². The highest BCUT2D eigenvalue weighted by Gasteiger charge is 2.27. The Morgan fingerprint density at radius 1 is 1.47 bits per heavy atom. The van der Waals surface area contributed by atoms with Crippen molar-refractivity contribution in [2.75, 3.05) is 5.88 Å². The van der Waals surface area contributed by atoms with E-state index in [2.05, 4.69) is 52.3 Å². The number of aromatic nitrogens is 2. The van der Waals surface area contributed by atoms with Crippen LogP contribution in [0, 0.1) is 9.49 Å². The molecule has 19 heavy (non-hydrogen) atoms. The van der Waals surface area contributed by atoms with Gasteiger partial charge in [-0.15, -0.1) is 11.6 Å². The van der Waals surface area contributed by atoms with Crippen LogP contribution in [0.25, 0.3) is 11.0 Å². The summed E-state index contributed by atoms with van der Waals surface area (Å²) in [5, 5.41) is 0. The van der Waals surface area contributed by atoms with Crippen LogP contribution in [0.5, 0.6) is 0 Å². The van der Waals surface area contributed by atoms with E-state index < -0.39 is 0 Å². The van der Waals surface area contributed by atoms with Gasteiger partial charge in [0, 0.05) is 21.9 Å². The molecule has 1 aromatic carbocycles. The number of fused-ring (bicyclic) bond motifs is 1. The van der Waals surface area contributed by atoms with E-state index in [4.69, 9.17) is 16.6 Å². The van der Waals surface area contributed by atoms with E-state index in [0.29, 0.717) is 11.9 Å². The van der Waals surface area contributed by atoms with Crippen LogP contribution in [-0.2, 0) is 6.42 Å². The van der Waals surface area contributed by atoms with E-state index in [-0.39, 0.29) is 0 Å². The van der Waals surface area contributed by atoms with Gasteiger partial charge in [0.25, 0.3) is 0 Å². The molecule has 1 aromatic heterocycles. The van der Waals surface area contributed by atoms with Gasteiger partial charge in [-0.2, -0.15) is 0 Å². The highest BCUT2D eigenvalue weighted by Crippen LogP contribution is 2.38. The fraction of sp³-hybridized carbons (Fsp3) is 0.533. The maximum absolute atomic E-state index is 5.94. The number of halogens is 2. The molecule has 1 aliphatic carbocycles. The summed E-state index contributed by atoms with van der Waals surface area (Å²) in [5.74, 6) is 2.59. The zero-order valence-electron chi connectivity index (χ0n) is 11.1. The molecular formula is C15H18ClIN2. The number of hydrogen-bond donors (Lipinski definition) is 0. The standard InChI is InChI=1S/C15H18ClIN2/c1-10(11-3-2-4-11)19-14-6-5-12(17)9-13(14)18-15(19)7-8-16/h5-6,9-11H,2-4,7-8H2,1H3. The molecule has 1 atom stereocenters. The van der Waals surface area contributed by atoms with Gasteiger partial charge in [0.15, 0.2) is 0 Å². The summed E-state index contributed by atoms with van der Waals surface area (Å²) in [7, 11) is 0. The lowest BCUT2D eigenvalue weighted by atomic mass is 9.80. The number of nitrogens with zero attached hydrogens (tertiary/aromatic N) is 2. The fourth-order valence-corrected chi connectivity index (χ4v) is 3.61. The Labute approximate surface area is 132 Å².